The fourth-order valence-corrected chi connectivity index (χ4v) is 1.60. The predicted octanol–water partition coefficient (Wildman–Crippen LogP) is 2.54. The third-order valence-corrected chi connectivity index (χ3v) is 2.31. The van der Waals surface area contributed by atoms with E-state index in [1.807, 2.05) is 0 Å². The molecule has 1 aromatic heterocycles. The Labute approximate surface area is 99.6 Å². The lowest BCUT2D eigenvalue weighted by Crippen LogP contribution is -2.04. The Bertz CT molecular complexity index is 673. The van der Waals surface area contributed by atoms with Crippen LogP contribution in [-0.4, -0.2) is 9.49 Å². The van der Waals surface area contributed by atoms with E-state index in [9.17, 15) is 18.9 Å². The van der Waals surface area contributed by atoms with Crippen LogP contribution in [0.25, 0.3) is 5.69 Å². The zero-order valence-electron chi connectivity index (χ0n) is 8.80. The predicted molar refractivity (Wildman–Crippen MR) is 57.1 cm³/mol. The molecule has 0 N–H and O–H groups in total. The van der Waals surface area contributed by atoms with E-state index < -0.39 is 22.2 Å². The van der Waals surface area contributed by atoms with Gasteiger partial charge in [0.1, 0.15) is 23.3 Å². The number of aromatic nitrogens is 1. The van der Waals surface area contributed by atoms with Crippen LogP contribution in [-0.2, 0) is 0 Å². The van der Waals surface area contributed by atoms with Crippen LogP contribution in [0.1, 0.15) is 5.69 Å². The minimum atomic E-state index is -1.28. The molecule has 0 spiro atoms. The zero-order valence-corrected chi connectivity index (χ0v) is 8.80. The molecule has 2 rings (SSSR count). The number of nitriles is 1. The Morgan fingerprint density at radius 3 is 2.72 bits per heavy atom. The van der Waals surface area contributed by atoms with Crippen molar-refractivity contribution in [2.24, 2.45) is 0 Å². The number of nitro groups is 1. The quantitative estimate of drug-likeness (QED) is 0.606. The van der Waals surface area contributed by atoms with Crippen LogP contribution in [0, 0.1) is 33.1 Å². The van der Waals surface area contributed by atoms with Crippen molar-refractivity contribution in [3.8, 4) is 11.8 Å². The van der Waals surface area contributed by atoms with Gasteiger partial charge >= 0.3 is 5.69 Å². The fraction of sp³-hybridized carbons (Fsp3) is 0. The molecule has 0 aliphatic heterocycles. The minimum Gasteiger partial charge on any atom is -0.302 e. The average Bonchev–Trinajstić information content (AvgIpc) is 2.74. The van der Waals surface area contributed by atoms with Gasteiger partial charge in [0, 0.05) is 18.3 Å². The maximum Gasteiger partial charge on any atom is 0.328 e. The molecule has 0 saturated heterocycles. The van der Waals surface area contributed by atoms with Gasteiger partial charge in [-0.2, -0.15) is 9.65 Å². The first-order valence-corrected chi connectivity index (χ1v) is 4.76. The van der Waals surface area contributed by atoms with Crippen molar-refractivity contribution in [1.82, 2.24) is 4.57 Å². The summed E-state index contributed by atoms with van der Waals surface area (Å²) in [5.41, 5.74) is -1.15. The lowest BCUT2D eigenvalue weighted by molar-refractivity contribution is -0.387. The van der Waals surface area contributed by atoms with Gasteiger partial charge in [-0.05, 0) is 12.1 Å². The summed E-state index contributed by atoms with van der Waals surface area (Å²) in [5.74, 6) is -2.24. The van der Waals surface area contributed by atoms with Crippen molar-refractivity contribution in [2.45, 2.75) is 0 Å². The summed E-state index contributed by atoms with van der Waals surface area (Å²) < 4.78 is 27.6. The van der Waals surface area contributed by atoms with E-state index in [0.717, 1.165) is 10.6 Å². The molecule has 0 unspecified atom stereocenters. The highest BCUT2D eigenvalue weighted by atomic mass is 19.1. The van der Waals surface area contributed by atoms with Crippen molar-refractivity contribution in [3.63, 3.8) is 0 Å². The molecule has 0 fully saturated rings. The molecule has 90 valence electrons. The maximum absolute atomic E-state index is 13.4. The van der Waals surface area contributed by atoms with Gasteiger partial charge in [0.15, 0.2) is 0 Å². The molecule has 18 heavy (non-hydrogen) atoms. The first-order chi connectivity index (χ1) is 8.54. The molecule has 2 aromatic rings. The lowest BCUT2D eigenvalue weighted by atomic mass is 10.2. The Morgan fingerprint density at radius 1 is 1.39 bits per heavy atom. The SMILES string of the molecule is N#Cc1cccn1-c1cc(F)cc(F)c1[N+](=O)[O-]. The first kappa shape index (κ1) is 11.7. The molecule has 1 aromatic carbocycles. The lowest BCUT2D eigenvalue weighted by Gasteiger charge is -2.06. The van der Waals surface area contributed by atoms with E-state index in [4.69, 9.17) is 5.26 Å². The molecule has 0 atom stereocenters. The highest BCUT2D eigenvalue weighted by molar-refractivity contribution is 5.55. The second-order valence-electron chi connectivity index (χ2n) is 3.39. The monoisotopic (exact) mass is 249 g/mol. The van der Waals surface area contributed by atoms with Crippen molar-refractivity contribution in [1.29, 1.82) is 5.26 Å². The van der Waals surface area contributed by atoms with Crippen molar-refractivity contribution >= 4 is 5.69 Å². The number of halogens is 2. The molecule has 0 saturated carbocycles. The summed E-state index contributed by atoms with van der Waals surface area (Å²) in [7, 11) is 0. The highest BCUT2D eigenvalue weighted by Crippen LogP contribution is 2.28. The second-order valence-corrected chi connectivity index (χ2v) is 3.39. The van der Waals surface area contributed by atoms with E-state index in [-0.39, 0.29) is 11.4 Å². The number of nitro benzene ring substituents is 1. The van der Waals surface area contributed by atoms with Gasteiger partial charge in [0.2, 0.25) is 5.82 Å². The third-order valence-electron chi connectivity index (χ3n) is 2.31. The van der Waals surface area contributed by atoms with E-state index in [1.54, 1.807) is 6.07 Å². The molecule has 0 radical (unpaired) electrons. The molecule has 5 nitrogen and oxygen atoms in total. The highest BCUT2D eigenvalue weighted by Gasteiger charge is 2.24. The molecule has 0 aliphatic carbocycles. The topological polar surface area (TPSA) is 71.9 Å². The Balaban J connectivity index is 2.79. The molecule has 7 heteroatoms. The molecular weight excluding hydrogens is 244 g/mol. The second kappa shape index (κ2) is 4.25. The normalized spacial score (nSPS) is 10.1. The molecule has 1 heterocycles. The summed E-state index contributed by atoms with van der Waals surface area (Å²) in [6, 6.07) is 5.84. The van der Waals surface area contributed by atoms with Crippen LogP contribution in [0.4, 0.5) is 14.5 Å². The average molecular weight is 249 g/mol. The fourth-order valence-electron chi connectivity index (χ4n) is 1.60. The van der Waals surface area contributed by atoms with E-state index in [1.165, 1.54) is 18.3 Å². The maximum atomic E-state index is 13.4. The number of nitrogens with zero attached hydrogens (tertiary/aromatic N) is 3. The number of hydrogen-bond donors (Lipinski definition) is 0. The molecular formula is C11H5F2N3O2. The summed E-state index contributed by atoms with van der Waals surface area (Å²) in [5, 5.41) is 19.6. The Morgan fingerprint density at radius 2 is 2.11 bits per heavy atom. The first-order valence-electron chi connectivity index (χ1n) is 4.76. The van der Waals surface area contributed by atoms with Crippen LogP contribution in [0.15, 0.2) is 30.5 Å². The van der Waals surface area contributed by atoms with Crippen molar-refractivity contribution in [2.75, 3.05) is 0 Å². The van der Waals surface area contributed by atoms with Gasteiger partial charge < -0.3 is 4.57 Å². The van der Waals surface area contributed by atoms with E-state index >= 15 is 0 Å². The van der Waals surface area contributed by atoms with Gasteiger partial charge in [-0.25, -0.2) is 4.39 Å². The molecule has 0 amide bonds. The molecule has 0 bridgehead atoms. The number of rotatable bonds is 2. The summed E-state index contributed by atoms with van der Waals surface area (Å²) in [6.45, 7) is 0. The summed E-state index contributed by atoms with van der Waals surface area (Å²) in [6.07, 6.45) is 1.32. The summed E-state index contributed by atoms with van der Waals surface area (Å²) >= 11 is 0. The van der Waals surface area contributed by atoms with E-state index in [2.05, 4.69) is 0 Å². The van der Waals surface area contributed by atoms with Gasteiger partial charge in [-0.3, -0.25) is 10.1 Å². The Kier molecular flexibility index (Phi) is 2.77. The van der Waals surface area contributed by atoms with Crippen LogP contribution in [0.2, 0.25) is 0 Å². The van der Waals surface area contributed by atoms with Crippen molar-refractivity contribution < 1.29 is 13.7 Å². The smallest absolute Gasteiger partial charge is 0.302 e. The van der Waals surface area contributed by atoms with Crippen LogP contribution < -0.4 is 0 Å². The van der Waals surface area contributed by atoms with Crippen LogP contribution in [0.5, 0.6) is 0 Å². The van der Waals surface area contributed by atoms with Crippen LogP contribution in [0.3, 0.4) is 0 Å². The van der Waals surface area contributed by atoms with Gasteiger partial charge in [-0.15, -0.1) is 0 Å². The summed E-state index contributed by atoms with van der Waals surface area (Å²) in [4.78, 5) is 9.84. The largest absolute Gasteiger partial charge is 0.328 e. The Hall–Kier alpha value is -2.75. The van der Waals surface area contributed by atoms with Crippen LogP contribution >= 0.6 is 0 Å². The number of hydrogen-bond acceptors (Lipinski definition) is 3. The van der Waals surface area contributed by atoms with Gasteiger partial charge in [0.05, 0.1) is 4.92 Å². The minimum absolute atomic E-state index is 0.0445. The molecule has 0 aliphatic rings. The van der Waals surface area contributed by atoms with Gasteiger partial charge in [0.25, 0.3) is 0 Å². The van der Waals surface area contributed by atoms with Gasteiger partial charge in [-0.1, -0.05) is 0 Å². The zero-order chi connectivity index (χ0) is 13.3. The standard InChI is InChI=1S/C11H5F2N3O2/c12-7-4-9(13)11(16(17)18)10(5-7)15-3-1-2-8(15)6-14/h1-5H. The number of benzene rings is 1. The third kappa shape index (κ3) is 1.80. The van der Waals surface area contributed by atoms with E-state index in [0.29, 0.717) is 6.07 Å². The van der Waals surface area contributed by atoms with Crippen molar-refractivity contribution in [3.05, 3.63) is 57.9 Å².